The highest BCUT2D eigenvalue weighted by atomic mass is 19.1. The minimum Gasteiger partial charge on any atom is -0.384 e. The van der Waals surface area contributed by atoms with E-state index in [1.54, 1.807) is 36.2 Å². The molecule has 1 unspecified atom stereocenters. The van der Waals surface area contributed by atoms with Gasteiger partial charge in [0.15, 0.2) is 0 Å². The Balaban J connectivity index is 1.63. The molecule has 3 N–H and O–H groups in total. The maximum absolute atomic E-state index is 13.1. The number of aliphatic imine (C=N–C) groups is 1. The lowest BCUT2D eigenvalue weighted by Gasteiger charge is -2.35. The van der Waals surface area contributed by atoms with Gasteiger partial charge in [0.1, 0.15) is 11.7 Å². The molecule has 1 aliphatic heterocycles. The van der Waals surface area contributed by atoms with E-state index >= 15 is 0 Å². The Hall–Kier alpha value is -3.26. The van der Waals surface area contributed by atoms with Gasteiger partial charge < -0.3 is 20.7 Å². The average molecular weight is 398 g/mol. The lowest BCUT2D eigenvalue weighted by atomic mass is 10.1. The van der Waals surface area contributed by atoms with Gasteiger partial charge in [-0.25, -0.2) is 4.39 Å². The molecule has 0 spiro atoms. The molecule has 1 aliphatic rings. The van der Waals surface area contributed by atoms with Crippen molar-refractivity contribution in [3.8, 4) is 0 Å². The standard InChI is InChI=1S/C21H23FN4O3/c1-24-19(23)14-2-4-15(5-3-14)20(27)25-12-18-13-29-11-10-26(18)21(28)16-6-8-17(22)9-7-16/h2-9,18H,10-13H2,1H3,(H2,23,24)(H,25,27). The van der Waals surface area contributed by atoms with Crippen LogP contribution in [-0.4, -0.2) is 61.9 Å². The van der Waals surface area contributed by atoms with Gasteiger partial charge in [0.2, 0.25) is 0 Å². The molecule has 0 aliphatic carbocycles. The monoisotopic (exact) mass is 398 g/mol. The van der Waals surface area contributed by atoms with Gasteiger partial charge in [-0.15, -0.1) is 0 Å². The Bertz CT molecular complexity index is 897. The summed E-state index contributed by atoms with van der Waals surface area (Å²) in [6.07, 6.45) is 0. The van der Waals surface area contributed by atoms with Crippen molar-refractivity contribution in [3.05, 3.63) is 71.0 Å². The predicted molar refractivity (Wildman–Crippen MR) is 107 cm³/mol. The summed E-state index contributed by atoms with van der Waals surface area (Å²) in [5.74, 6) is -0.480. The SMILES string of the molecule is CN=C(N)c1ccc(C(=O)NCC2COCCN2C(=O)c2ccc(F)cc2)cc1. The number of hydrogen-bond donors (Lipinski definition) is 2. The zero-order valence-electron chi connectivity index (χ0n) is 16.1. The van der Waals surface area contributed by atoms with E-state index in [9.17, 15) is 14.0 Å². The third-order valence-corrected chi connectivity index (χ3v) is 4.76. The fourth-order valence-electron chi connectivity index (χ4n) is 3.08. The van der Waals surface area contributed by atoms with Crippen molar-refractivity contribution in [2.75, 3.05) is 33.4 Å². The van der Waals surface area contributed by atoms with Crippen molar-refractivity contribution in [3.63, 3.8) is 0 Å². The van der Waals surface area contributed by atoms with Crippen molar-refractivity contribution < 1.29 is 18.7 Å². The summed E-state index contributed by atoms with van der Waals surface area (Å²) in [6, 6.07) is 11.9. The van der Waals surface area contributed by atoms with E-state index in [0.29, 0.717) is 36.7 Å². The molecule has 2 aromatic rings. The van der Waals surface area contributed by atoms with Crippen LogP contribution in [-0.2, 0) is 4.74 Å². The highest BCUT2D eigenvalue weighted by molar-refractivity contribution is 5.99. The molecule has 0 aromatic heterocycles. The highest BCUT2D eigenvalue weighted by Crippen LogP contribution is 2.13. The molecule has 2 amide bonds. The van der Waals surface area contributed by atoms with E-state index in [-0.39, 0.29) is 24.4 Å². The molecule has 1 heterocycles. The first-order valence-electron chi connectivity index (χ1n) is 9.24. The van der Waals surface area contributed by atoms with Crippen molar-refractivity contribution >= 4 is 17.6 Å². The summed E-state index contributed by atoms with van der Waals surface area (Å²) in [5, 5.41) is 2.84. The van der Waals surface area contributed by atoms with Crippen molar-refractivity contribution in [2.24, 2.45) is 10.7 Å². The van der Waals surface area contributed by atoms with Crippen molar-refractivity contribution in [1.82, 2.24) is 10.2 Å². The van der Waals surface area contributed by atoms with Gasteiger partial charge in [-0.3, -0.25) is 14.6 Å². The van der Waals surface area contributed by atoms with E-state index in [0.717, 1.165) is 5.56 Å². The van der Waals surface area contributed by atoms with Crippen LogP contribution in [0.5, 0.6) is 0 Å². The van der Waals surface area contributed by atoms with Gasteiger partial charge in [0.25, 0.3) is 11.8 Å². The maximum atomic E-state index is 13.1. The molecule has 2 aromatic carbocycles. The second-order valence-corrected chi connectivity index (χ2v) is 6.63. The number of nitrogens with zero attached hydrogens (tertiary/aromatic N) is 2. The minimum atomic E-state index is -0.398. The third-order valence-electron chi connectivity index (χ3n) is 4.76. The molecule has 7 nitrogen and oxygen atoms in total. The quantitative estimate of drug-likeness (QED) is 0.588. The number of ether oxygens (including phenoxy) is 1. The van der Waals surface area contributed by atoms with E-state index in [2.05, 4.69) is 10.3 Å². The molecule has 3 rings (SSSR count). The Morgan fingerprint density at radius 3 is 2.41 bits per heavy atom. The van der Waals surface area contributed by atoms with Crippen LogP contribution >= 0.6 is 0 Å². The summed E-state index contributed by atoms with van der Waals surface area (Å²) in [7, 11) is 1.60. The van der Waals surface area contributed by atoms with Gasteiger partial charge >= 0.3 is 0 Å². The van der Waals surface area contributed by atoms with Crippen molar-refractivity contribution in [1.29, 1.82) is 0 Å². The first-order chi connectivity index (χ1) is 14.0. The Kier molecular flexibility index (Phi) is 6.56. The van der Waals surface area contributed by atoms with Crippen molar-refractivity contribution in [2.45, 2.75) is 6.04 Å². The number of morpholine rings is 1. The first-order valence-corrected chi connectivity index (χ1v) is 9.24. The zero-order chi connectivity index (χ0) is 20.8. The summed E-state index contributed by atoms with van der Waals surface area (Å²) in [6.45, 7) is 1.38. The topological polar surface area (TPSA) is 97.0 Å². The van der Waals surface area contributed by atoms with E-state index in [4.69, 9.17) is 10.5 Å². The van der Waals surface area contributed by atoms with Crippen LogP contribution in [0, 0.1) is 5.82 Å². The second-order valence-electron chi connectivity index (χ2n) is 6.63. The fraction of sp³-hybridized carbons (Fsp3) is 0.286. The number of amides is 2. The summed E-state index contributed by atoms with van der Waals surface area (Å²) in [4.78, 5) is 30.8. The van der Waals surface area contributed by atoms with Crippen LogP contribution in [0.15, 0.2) is 53.5 Å². The number of carbonyl (C=O) groups is 2. The maximum Gasteiger partial charge on any atom is 0.254 e. The average Bonchev–Trinajstić information content (AvgIpc) is 2.77. The second kappa shape index (κ2) is 9.29. The summed E-state index contributed by atoms with van der Waals surface area (Å²) in [5.41, 5.74) is 7.37. The fourth-order valence-corrected chi connectivity index (χ4v) is 3.08. The number of nitrogens with two attached hydrogens (primary N) is 1. The molecule has 152 valence electrons. The van der Waals surface area contributed by atoms with Gasteiger partial charge in [0.05, 0.1) is 19.3 Å². The lowest BCUT2D eigenvalue weighted by molar-refractivity contribution is -0.00130. The van der Waals surface area contributed by atoms with E-state index < -0.39 is 5.82 Å². The predicted octanol–water partition coefficient (Wildman–Crippen LogP) is 1.43. The summed E-state index contributed by atoms with van der Waals surface area (Å²) >= 11 is 0. The van der Waals surface area contributed by atoms with Crippen LogP contribution in [0.2, 0.25) is 0 Å². The number of amidine groups is 1. The number of rotatable bonds is 5. The molecular formula is C21H23FN4O3. The van der Waals surface area contributed by atoms with Crippen LogP contribution in [0.1, 0.15) is 26.3 Å². The number of carbonyl (C=O) groups excluding carboxylic acids is 2. The van der Waals surface area contributed by atoms with Crippen LogP contribution in [0.3, 0.4) is 0 Å². The van der Waals surface area contributed by atoms with E-state index in [1.165, 1.54) is 24.3 Å². The molecule has 8 heteroatoms. The zero-order valence-corrected chi connectivity index (χ0v) is 16.1. The molecule has 0 radical (unpaired) electrons. The molecule has 1 atom stereocenters. The highest BCUT2D eigenvalue weighted by Gasteiger charge is 2.28. The van der Waals surface area contributed by atoms with Gasteiger partial charge in [-0.2, -0.15) is 0 Å². The van der Waals surface area contributed by atoms with Crippen LogP contribution < -0.4 is 11.1 Å². The number of hydrogen-bond acceptors (Lipinski definition) is 4. The van der Waals surface area contributed by atoms with E-state index in [1.807, 2.05) is 0 Å². The minimum absolute atomic E-state index is 0.216. The molecule has 29 heavy (non-hydrogen) atoms. The molecule has 0 bridgehead atoms. The van der Waals surface area contributed by atoms with Gasteiger partial charge in [0, 0.05) is 36.8 Å². The largest absolute Gasteiger partial charge is 0.384 e. The molecule has 0 saturated carbocycles. The number of nitrogens with one attached hydrogen (secondary N) is 1. The number of benzene rings is 2. The van der Waals surface area contributed by atoms with Crippen LogP contribution in [0.4, 0.5) is 4.39 Å². The van der Waals surface area contributed by atoms with Gasteiger partial charge in [-0.05, 0) is 36.4 Å². The third kappa shape index (κ3) is 4.97. The molecular weight excluding hydrogens is 375 g/mol. The Labute approximate surface area is 168 Å². The smallest absolute Gasteiger partial charge is 0.254 e. The first kappa shape index (κ1) is 20.5. The van der Waals surface area contributed by atoms with Crippen LogP contribution in [0.25, 0.3) is 0 Å². The Morgan fingerprint density at radius 1 is 1.14 bits per heavy atom. The normalized spacial score (nSPS) is 17.1. The number of halogens is 1. The lowest BCUT2D eigenvalue weighted by Crippen LogP contribution is -2.53. The molecule has 1 saturated heterocycles. The molecule has 1 fully saturated rings. The Morgan fingerprint density at radius 2 is 1.76 bits per heavy atom. The van der Waals surface area contributed by atoms with Gasteiger partial charge in [-0.1, -0.05) is 12.1 Å². The summed E-state index contributed by atoms with van der Waals surface area (Å²) < 4.78 is 18.6.